The fourth-order valence-electron chi connectivity index (χ4n) is 1.84. The van der Waals surface area contributed by atoms with Crippen LogP contribution in [-0.2, 0) is 0 Å². The summed E-state index contributed by atoms with van der Waals surface area (Å²) in [7, 11) is 0. The molecule has 1 heterocycles. The predicted molar refractivity (Wildman–Crippen MR) is 84.4 cm³/mol. The molecule has 1 amide bonds. The van der Waals surface area contributed by atoms with Gasteiger partial charge in [0.05, 0.1) is 10.6 Å². The number of nitrogens with zero attached hydrogens (tertiary/aromatic N) is 1. The van der Waals surface area contributed by atoms with Crippen LogP contribution in [0.1, 0.15) is 50.4 Å². The van der Waals surface area contributed by atoms with Gasteiger partial charge in [-0.25, -0.2) is 4.98 Å². The van der Waals surface area contributed by atoms with E-state index in [1.165, 1.54) is 6.42 Å². The summed E-state index contributed by atoms with van der Waals surface area (Å²) >= 11 is 6.07. The summed E-state index contributed by atoms with van der Waals surface area (Å²) in [5.74, 6) is 1.21. The third kappa shape index (κ3) is 5.78. The summed E-state index contributed by atoms with van der Waals surface area (Å²) in [6, 6.07) is 1.65. The van der Waals surface area contributed by atoms with Crippen molar-refractivity contribution in [3.63, 3.8) is 0 Å². The Labute approximate surface area is 126 Å². The minimum atomic E-state index is -0.119. The third-order valence-corrected chi connectivity index (χ3v) is 3.23. The molecule has 0 saturated carbocycles. The number of aromatic nitrogens is 1. The van der Waals surface area contributed by atoms with Gasteiger partial charge in [-0.2, -0.15) is 0 Å². The van der Waals surface area contributed by atoms with Gasteiger partial charge in [0.1, 0.15) is 5.82 Å². The van der Waals surface area contributed by atoms with Crippen molar-refractivity contribution in [1.29, 1.82) is 0 Å². The van der Waals surface area contributed by atoms with Crippen LogP contribution < -0.4 is 10.6 Å². The molecule has 0 radical (unpaired) electrons. The van der Waals surface area contributed by atoms with Gasteiger partial charge in [0.2, 0.25) is 0 Å². The van der Waals surface area contributed by atoms with E-state index in [-0.39, 0.29) is 5.91 Å². The number of nitrogens with one attached hydrogen (secondary N) is 2. The predicted octanol–water partition coefficient (Wildman–Crippen LogP) is 3.72. The first-order valence-electron chi connectivity index (χ1n) is 7.22. The van der Waals surface area contributed by atoms with Crippen molar-refractivity contribution in [3.8, 4) is 0 Å². The Kier molecular flexibility index (Phi) is 7.37. The van der Waals surface area contributed by atoms with E-state index in [2.05, 4.69) is 29.5 Å². The number of rotatable bonds is 8. The molecule has 4 nitrogen and oxygen atoms in total. The molecular formula is C15H24ClN3O. The van der Waals surface area contributed by atoms with Crippen LogP contribution in [0.2, 0.25) is 5.02 Å². The van der Waals surface area contributed by atoms with E-state index in [1.54, 1.807) is 12.3 Å². The second-order valence-electron chi connectivity index (χ2n) is 5.23. The highest BCUT2D eigenvalue weighted by atomic mass is 35.5. The Balaban J connectivity index is 2.41. The molecule has 1 aromatic heterocycles. The van der Waals surface area contributed by atoms with Crippen molar-refractivity contribution in [1.82, 2.24) is 10.3 Å². The highest BCUT2D eigenvalue weighted by molar-refractivity contribution is 6.33. The van der Waals surface area contributed by atoms with Crippen LogP contribution in [-0.4, -0.2) is 24.0 Å². The van der Waals surface area contributed by atoms with Crippen molar-refractivity contribution in [2.75, 3.05) is 18.4 Å². The molecule has 0 aliphatic carbocycles. The first-order chi connectivity index (χ1) is 9.54. The molecule has 0 spiro atoms. The smallest absolute Gasteiger partial charge is 0.252 e. The zero-order chi connectivity index (χ0) is 15.0. The molecule has 1 rings (SSSR count). The van der Waals surface area contributed by atoms with Crippen LogP contribution in [0.4, 0.5) is 5.82 Å². The Hall–Kier alpha value is -1.29. The van der Waals surface area contributed by atoms with Gasteiger partial charge in [-0.05, 0) is 25.3 Å². The normalized spacial score (nSPS) is 10.7. The Morgan fingerprint density at radius 2 is 2.15 bits per heavy atom. The summed E-state index contributed by atoms with van der Waals surface area (Å²) < 4.78 is 0. The van der Waals surface area contributed by atoms with Crippen LogP contribution in [0.3, 0.4) is 0 Å². The summed E-state index contributed by atoms with van der Waals surface area (Å²) in [6.45, 7) is 7.82. The highest BCUT2D eigenvalue weighted by Gasteiger charge is 2.09. The first-order valence-corrected chi connectivity index (χ1v) is 7.60. The van der Waals surface area contributed by atoms with Crippen LogP contribution >= 0.6 is 11.6 Å². The maximum atomic E-state index is 11.9. The summed E-state index contributed by atoms with van der Waals surface area (Å²) in [5.41, 5.74) is 0.500. The van der Waals surface area contributed by atoms with Gasteiger partial charge in [0.25, 0.3) is 5.91 Å². The molecule has 1 aromatic rings. The van der Waals surface area contributed by atoms with Gasteiger partial charge in [-0.1, -0.05) is 38.3 Å². The summed E-state index contributed by atoms with van der Waals surface area (Å²) in [4.78, 5) is 16.1. The maximum Gasteiger partial charge on any atom is 0.252 e. The number of amides is 1. The van der Waals surface area contributed by atoms with Crippen molar-refractivity contribution in [3.05, 3.63) is 22.8 Å². The van der Waals surface area contributed by atoms with E-state index in [1.807, 2.05) is 6.92 Å². The number of hydrogen-bond donors (Lipinski definition) is 2. The van der Waals surface area contributed by atoms with Gasteiger partial charge in [0.15, 0.2) is 0 Å². The average Bonchev–Trinajstić information content (AvgIpc) is 2.40. The van der Waals surface area contributed by atoms with Crippen molar-refractivity contribution in [2.24, 2.45) is 5.92 Å². The lowest BCUT2D eigenvalue weighted by atomic mass is 10.1. The minimum absolute atomic E-state index is 0.119. The topological polar surface area (TPSA) is 54.0 Å². The molecule has 0 aliphatic rings. The fourth-order valence-corrected chi connectivity index (χ4v) is 2.07. The van der Waals surface area contributed by atoms with Crippen LogP contribution in [0.15, 0.2) is 12.3 Å². The number of halogens is 1. The minimum Gasteiger partial charge on any atom is -0.369 e. The van der Waals surface area contributed by atoms with Gasteiger partial charge in [-0.15, -0.1) is 0 Å². The highest BCUT2D eigenvalue weighted by Crippen LogP contribution is 2.19. The molecule has 20 heavy (non-hydrogen) atoms. The number of carbonyl (C=O) groups is 1. The van der Waals surface area contributed by atoms with Crippen molar-refractivity contribution >= 4 is 23.3 Å². The van der Waals surface area contributed by atoms with E-state index in [0.717, 1.165) is 19.4 Å². The zero-order valence-electron chi connectivity index (χ0n) is 12.5. The molecule has 0 bridgehead atoms. The molecule has 0 fully saturated rings. The van der Waals surface area contributed by atoms with E-state index in [9.17, 15) is 4.79 Å². The summed E-state index contributed by atoms with van der Waals surface area (Å²) in [5, 5.41) is 6.40. The molecule has 0 aromatic carbocycles. The maximum absolute atomic E-state index is 11.9. The first kappa shape index (κ1) is 16.8. The van der Waals surface area contributed by atoms with E-state index in [0.29, 0.717) is 28.9 Å². The summed E-state index contributed by atoms with van der Waals surface area (Å²) in [6.07, 6.45) is 4.88. The standard InChI is InChI=1S/C15H24ClN3O/c1-4-17-14-13(16)9-12(10-19-14)15(20)18-8-6-5-7-11(2)3/h9-11H,4-8H2,1-3H3,(H,17,19)(H,18,20). The SMILES string of the molecule is CCNc1ncc(C(=O)NCCCCC(C)C)cc1Cl. The lowest BCUT2D eigenvalue weighted by Gasteiger charge is -2.08. The van der Waals surface area contributed by atoms with Gasteiger partial charge in [-0.3, -0.25) is 4.79 Å². The van der Waals surface area contributed by atoms with E-state index >= 15 is 0 Å². The van der Waals surface area contributed by atoms with E-state index < -0.39 is 0 Å². The molecule has 5 heteroatoms. The van der Waals surface area contributed by atoms with Gasteiger partial charge < -0.3 is 10.6 Å². The van der Waals surface area contributed by atoms with Crippen molar-refractivity contribution < 1.29 is 4.79 Å². The molecule has 0 aliphatic heterocycles. The molecule has 2 N–H and O–H groups in total. The third-order valence-electron chi connectivity index (χ3n) is 2.94. The number of pyridine rings is 1. The molecule has 0 unspecified atom stereocenters. The Bertz CT molecular complexity index is 435. The van der Waals surface area contributed by atoms with Crippen LogP contribution in [0, 0.1) is 5.92 Å². The Morgan fingerprint density at radius 1 is 1.40 bits per heavy atom. The van der Waals surface area contributed by atoms with Crippen LogP contribution in [0.5, 0.6) is 0 Å². The monoisotopic (exact) mass is 297 g/mol. The van der Waals surface area contributed by atoms with Gasteiger partial charge in [0, 0.05) is 19.3 Å². The number of anilines is 1. The second-order valence-corrected chi connectivity index (χ2v) is 5.64. The second kappa shape index (κ2) is 8.80. The zero-order valence-corrected chi connectivity index (χ0v) is 13.3. The molecule has 0 saturated heterocycles. The van der Waals surface area contributed by atoms with Crippen molar-refractivity contribution in [2.45, 2.75) is 40.0 Å². The van der Waals surface area contributed by atoms with Crippen LogP contribution in [0.25, 0.3) is 0 Å². The van der Waals surface area contributed by atoms with Gasteiger partial charge >= 0.3 is 0 Å². The molecule has 0 atom stereocenters. The lowest BCUT2D eigenvalue weighted by Crippen LogP contribution is -2.24. The number of hydrogen-bond acceptors (Lipinski definition) is 3. The number of unbranched alkanes of at least 4 members (excludes halogenated alkanes) is 1. The average molecular weight is 298 g/mol. The lowest BCUT2D eigenvalue weighted by molar-refractivity contribution is 0.0952. The quantitative estimate of drug-likeness (QED) is 0.719. The molecule has 112 valence electrons. The number of carbonyl (C=O) groups excluding carboxylic acids is 1. The van der Waals surface area contributed by atoms with E-state index in [4.69, 9.17) is 11.6 Å². The Morgan fingerprint density at radius 3 is 2.75 bits per heavy atom. The molecular weight excluding hydrogens is 274 g/mol. The largest absolute Gasteiger partial charge is 0.369 e. The fraction of sp³-hybridized carbons (Fsp3) is 0.600.